The van der Waals surface area contributed by atoms with Gasteiger partial charge in [0.05, 0.1) is 0 Å². The van der Waals surface area contributed by atoms with Gasteiger partial charge < -0.3 is 10.2 Å². The second-order valence-electron chi connectivity index (χ2n) is 5.43. The number of thiophene rings is 1. The first-order chi connectivity index (χ1) is 11.1. The molecule has 0 bridgehead atoms. The Morgan fingerprint density at radius 3 is 2.78 bits per heavy atom. The summed E-state index contributed by atoms with van der Waals surface area (Å²) in [5.74, 6) is -1.44. The van der Waals surface area contributed by atoms with Crippen molar-refractivity contribution in [1.82, 2.24) is 5.32 Å². The van der Waals surface area contributed by atoms with Crippen molar-refractivity contribution in [1.29, 1.82) is 0 Å². The fourth-order valence-electron chi connectivity index (χ4n) is 2.69. The van der Waals surface area contributed by atoms with Crippen LogP contribution in [0.15, 0.2) is 41.8 Å². The molecule has 2 amide bonds. The van der Waals surface area contributed by atoms with Gasteiger partial charge in [0.25, 0.3) is 0 Å². The molecule has 6 heteroatoms. The van der Waals surface area contributed by atoms with E-state index in [1.165, 1.54) is 17.0 Å². The highest BCUT2D eigenvalue weighted by molar-refractivity contribution is 7.09. The van der Waals surface area contributed by atoms with Gasteiger partial charge in [-0.15, -0.1) is 11.3 Å². The Morgan fingerprint density at radius 2 is 2.09 bits per heavy atom. The number of rotatable bonds is 5. The number of nitrogens with one attached hydrogen (secondary N) is 1. The fraction of sp³-hybridized carbons (Fsp3) is 0.294. The summed E-state index contributed by atoms with van der Waals surface area (Å²) in [4.78, 5) is 27.3. The zero-order valence-corrected chi connectivity index (χ0v) is 13.3. The van der Waals surface area contributed by atoms with Crippen LogP contribution in [0.5, 0.6) is 0 Å². The van der Waals surface area contributed by atoms with Gasteiger partial charge in [-0.2, -0.15) is 0 Å². The van der Waals surface area contributed by atoms with Crippen molar-refractivity contribution in [3.63, 3.8) is 0 Å². The summed E-state index contributed by atoms with van der Waals surface area (Å²) < 4.78 is 13.0. The molecular formula is C17H17FN2O2S. The maximum Gasteiger partial charge on any atom is 0.239 e. The Balaban J connectivity index is 1.55. The molecule has 23 heavy (non-hydrogen) atoms. The monoisotopic (exact) mass is 332 g/mol. The lowest BCUT2D eigenvalue weighted by Gasteiger charge is -2.16. The number of carbonyl (C=O) groups excluding carboxylic acids is 2. The zero-order chi connectivity index (χ0) is 16.2. The molecule has 1 saturated heterocycles. The van der Waals surface area contributed by atoms with Gasteiger partial charge in [0.1, 0.15) is 11.7 Å². The van der Waals surface area contributed by atoms with Gasteiger partial charge >= 0.3 is 0 Å². The van der Waals surface area contributed by atoms with E-state index in [-0.39, 0.29) is 17.6 Å². The zero-order valence-electron chi connectivity index (χ0n) is 12.5. The van der Waals surface area contributed by atoms with Crippen LogP contribution in [0.3, 0.4) is 0 Å². The lowest BCUT2D eigenvalue weighted by Crippen LogP contribution is -2.37. The molecule has 4 nitrogen and oxygen atoms in total. The molecule has 1 aromatic carbocycles. The van der Waals surface area contributed by atoms with Crippen LogP contribution in [0, 0.1) is 11.7 Å². The molecule has 0 saturated carbocycles. The number of halogens is 1. The number of amides is 2. The van der Waals surface area contributed by atoms with Gasteiger partial charge in [0, 0.05) is 23.7 Å². The minimum absolute atomic E-state index is 0.217. The van der Waals surface area contributed by atoms with E-state index in [1.54, 1.807) is 28.4 Å². The fourth-order valence-corrected chi connectivity index (χ4v) is 3.40. The molecule has 1 aliphatic heterocycles. The van der Waals surface area contributed by atoms with Crippen LogP contribution in [0.25, 0.3) is 0 Å². The highest BCUT2D eigenvalue weighted by atomic mass is 32.1. The summed E-state index contributed by atoms with van der Waals surface area (Å²) in [7, 11) is 0. The van der Waals surface area contributed by atoms with Crippen LogP contribution in [-0.2, 0) is 16.0 Å². The van der Waals surface area contributed by atoms with E-state index >= 15 is 0 Å². The van der Waals surface area contributed by atoms with Crippen LogP contribution in [0.4, 0.5) is 10.1 Å². The molecule has 1 atom stereocenters. The third kappa shape index (κ3) is 3.59. The highest BCUT2D eigenvalue weighted by Gasteiger charge is 2.37. The van der Waals surface area contributed by atoms with Crippen molar-refractivity contribution in [2.75, 3.05) is 18.0 Å². The first-order valence-electron chi connectivity index (χ1n) is 7.52. The van der Waals surface area contributed by atoms with E-state index in [4.69, 9.17) is 0 Å². The van der Waals surface area contributed by atoms with Crippen LogP contribution < -0.4 is 10.2 Å². The molecule has 1 aliphatic rings. The average Bonchev–Trinajstić information content (AvgIpc) is 3.18. The normalized spacial score (nSPS) is 17.5. The number of carbonyl (C=O) groups is 2. The third-order valence-corrected chi connectivity index (χ3v) is 4.85. The Bertz CT molecular complexity index is 685. The topological polar surface area (TPSA) is 49.4 Å². The summed E-state index contributed by atoms with van der Waals surface area (Å²) in [6, 6.07) is 9.75. The molecule has 1 N–H and O–H groups in total. The second kappa shape index (κ2) is 6.91. The van der Waals surface area contributed by atoms with E-state index in [9.17, 15) is 14.0 Å². The number of nitrogens with zero attached hydrogens (tertiary/aromatic N) is 1. The van der Waals surface area contributed by atoms with Crippen molar-refractivity contribution in [2.24, 2.45) is 5.92 Å². The summed E-state index contributed by atoms with van der Waals surface area (Å²) in [5, 5.41) is 4.83. The van der Waals surface area contributed by atoms with Gasteiger partial charge in [0.15, 0.2) is 0 Å². The van der Waals surface area contributed by atoms with Crippen molar-refractivity contribution in [3.8, 4) is 0 Å². The first-order valence-corrected chi connectivity index (χ1v) is 8.40. The van der Waals surface area contributed by atoms with Crippen molar-refractivity contribution >= 4 is 28.8 Å². The van der Waals surface area contributed by atoms with Gasteiger partial charge in [-0.05, 0) is 48.6 Å². The van der Waals surface area contributed by atoms with Gasteiger partial charge in [-0.1, -0.05) is 6.07 Å². The Labute approximate surface area is 137 Å². The second-order valence-corrected chi connectivity index (χ2v) is 6.46. The number of benzene rings is 1. The molecule has 1 fully saturated rings. The van der Waals surface area contributed by atoms with Crippen molar-refractivity contribution in [3.05, 3.63) is 52.5 Å². The number of anilines is 1. The number of hydrogen-bond acceptors (Lipinski definition) is 3. The molecule has 0 spiro atoms. The summed E-state index contributed by atoms with van der Waals surface area (Å²) in [6.07, 6.45) is 1.26. The van der Waals surface area contributed by atoms with Crippen LogP contribution >= 0.6 is 11.3 Å². The Kier molecular flexibility index (Phi) is 4.71. The lowest BCUT2D eigenvalue weighted by molar-refractivity contribution is -0.132. The molecule has 2 heterocycles. The minimum atomic E-state index is -0.650. The Hall–Kier alpha value is -2.21. The molecule has 0 unspecified atom stereocenters. The van der Waals surface area contributed by atoms with Crippen LogP contribution in [0.2, 0.25) is 0 Å². The molecular weight excluding hydrogens is 315 g/mol. The molecule has 2 aromatic rings. The molecule has 0 aliphatic carbocycles. The largest absolute Gasteiger partial charge is 0.355 e. The van der Waals surface area contributed by atoms with Crippen LogP contribution in [-0.4, -0.2) is 24.9 Å². The van der Waals surface area contributed by atoms with Gasteiger partial charge in [-0.3, -0.25) is 9.59 Å². The molecule has 0 radical (unpaired) electrons. The first kappa shape index (κ1) is 15.7. The van der Waals surface area contributed by atoms with Crippen molar-refractivity contribution < 1.29 is 14.0 Å². The summed E-state index contributed by atoms with van der Waals surface area (Å²) in [5.41, 5.74) is 0.630. The van der Waals surface area contributed by atoms with E-state index < -0.39 is 5.92 Å². The van der Waals surface area contributed by atoms with Crippen molar-refractivity contribution in [2.45, 2.75) is 12.8 Å². The minimum Gasteiger partial charge on any atom is -0.355 e. The highest BCUT2D eigenvalue weighted by Crippen LogP contribution is 2.25. The van der Waals surface area contributed by atoms with Gasteiger partial charge in [-0.25, -0.2) is 4.39 Å². The quantitative estimate of drug-likeness (QED) is 0.856. The molecule has 120 valence electrons. The maximum absolute atomic E-state index is 13.0. The molecule has 3 rings (SSSR count). The lowest BCUT2D eigenvalue weighted by atomic mass is 10.1. The third-order valence-electron chi connectivity index (χ3n) is 3.91. The van der Waals surface area contributed by atoms with Crippen LogP contribution in [0.1, 0.15) is 11.3 Å². The summed E-state index contributed by atoms with van der Waals surface area (Å²) >= 11 is 1.65. The summed E-state index contributed by atoms with van der Waals surface area (Å²) in [6.45, 7) is 1.01. The smallest absolute Gasteiger partial charge is 0.239 e. The predicted molar refractivity (Wildman–Crippen MR) is 87.9 cm³/mol. The SMILES string of the molecule is O=C(NCCc1cccs1)[C@@H]1CCN(c2ccc(F)cc2)C1=O. The van der Waals surface area contributed by atoms with E-state index in [0.717, 1.165) is 6.42 Å². The standard InChI is InChI=1S/C17H17FN2O2S/c18-12-3-5-13(6-4-12)20-10-8-15(17(20)22)16(21)19-9-7-14-2-1-11-23-14/h1-6,11,15H,7-10H2,(H,19,21)/t15-/m0/s1. The van der Waals surface area contributed by atoms with Gasteiger partial charge in [0.2, 0.25) is 11.8 Å². The predicted octanol–water partition coefficient (Wildman–Crippen LogP) is 2.60. The Morgan fingerprint density at radius 1 is 1.30 bits per heavy atom. The maximum atomic E-state index is 13.0. The van der Waals surface area contributed by atoms with E-state index in [2.05, 4.69) is 5.32 Å². The average molecular weight is 332 g/mol. The number of hydrogen-bond donors (Lipinski definition) is 1. The molecule has 1 aromatic heterocycles. The van der Waals surface area contributed by atoms with E-state index in [0.29, 0.717) is 25.2 Å². The van der Waals surface area contributed by atoms with E-state index in [1.807, 2.05) is 17.5 Å².